The van der Waals surface area contributed by atoms with Crippen LogP contribution in [0.4, 0.5) is 5.13 Å². The second kappa shape index (κ2) is 10.1. The molecular weight excluding hydrogens is 280 g/mol. The van der Waals surface area contributed by atoms with Crippen molar-refractivity contribution < 1.29 is 18.9 Å². The number of nitrogens with zero attached hydrogens (tertiary/aromatic N) is 2. The van der Waals surface area contributed by atoms with Gasteiger partial charge < -0.3 is 23.8 Å². The van der Waals surface area contributed by atoms with Gasteiger partial charge in [0.15, 0.2) is 5.13 Å². The van der Waals surface area contributed by atoms with E-state index >= 15 is 0 Å². The summed E-state index contributed by atoms with van der Waals surface area (Å²) in [6, 6.07) is 0. The summed E-state index contributed by atoms with van der Waals surface area (Å²) in [6.45, 7) is 6.61. The van der Waals surface area contributed by atoms with Gasteiger partial charge in [-0.2, -0.15) is 0 Å². The first kappa shape index (κ1) is 15.7. The normalized spacial score (nSPS) is 21.1. The number of rotatable bonds is 1. The van der Waals surface area contributed by atoms with E-state index in [2.05, 4.69) is 9.88 Å². The second-order valence-corrected chi connectivity index (χ2v) is 5.12. The predicted octanol–water partition coefficient (Wildman–Crippen LogP) is 1.03. The molecule has 114 valence electrons. The molecule has 6 nitrogen and oxygen atoms in total. The maximum Gasteiger partial charge on any atom is 0.185 e. The minimum atomic E-state index is 0.606. The van der Waals surface area contributed by atoms with Crippen molar-refractivity contribution in [1.82, 2.24) is 4.98 Å². The van der Waals surface area contributed by atoms with E-state index in [0.717, 1.165) is 18.2 Å². The zero-order chi connectivity index (χ0) is 13.9. The predicted molar refractivity (Wildman–Crippen MR) is 77.6 cm³/mol. The van der Waals surface area contributed by atoms with E-state index in [-0.39, 0.29) is 0 Å². The number of hydrogen-bond donors (Lipinski definition) is 0. The standard InChI is InChI=1S/C13H22N2O4S/c1-12-20-13(14-1)15-2-4-16-6-8-18-10-11-19-9-7-17-5-3-15/h1,12H,2-11H2. The molecule has 2 rings (SSSR count). The fourth-order valence-corrected chi connectivity index (χ4v) is 2.48. The molecule has 0 unspecified atom stereocenters. The molecule has 0 saturated carbocycles. The number of aromatic nitrogens is 1. The summed E-state index contributed by atoms with van der Waals surface area (Å²) in [6.07, 6.45) is 1.82. The molecule has 20 heavy (non-hydrogen) atoms. The second-order valence-electron chi connectivity index (χ2n) is 4.25. The monoisotopic (exact) mass is 302 g/mol. The zero-order valence-corrected chi connectivity index (χ0v) is 12.5. The van der Waals surface area contributed by atoms with Crippen molar-refractivity contribution in [3.05, 3.63) is 11.6 Å². The van der Waals surface area contributed by atoms with E-state index < -0.39 is 0 Å². The van der Waals surface area contributed by atoms with Gasteiger partial charge in [0.05, 0.1) is 52.9 Å². The van der Waals surface area contributed by atoms with Crippen LogP contribution in [-0.2, 0) is 18.9 Å². The van der Waals surface area contributed by atoms with Gasteiger partial charge in [0.2, 0.25) is 0 Å². The molecule has 1 fully saturated rings. The smallest absolute Gasteiger partial charge is 0.185 e. The van der Waals surface area contributed by atoms with Gasteiger partial charge in [-0.1, -0.05) is 0 Å². The lowest BCUT2D eigenvalue weighted by Gasteiger charge is -2.21. The highest BCUT2D eigenvalue weighted by molar-refractivity contribution is 7.13. The summed E-state index contributed by atoms with van der Waals surface area (Å²) >= 11 is 1.63. The van der Waals surface area contributed by atoms with Crippen LogP contribution in [0.15, 0.2) is 11.6 Å². The first-order chi connectivity index (χ1) is 9.97. The summed E-state index contributed by atoms with van der Waals surface area (Å²) < 4.78 is 21.9. The molecular formula is C13H22N2O4S. The molecule has 1 aliphatic heterocycles. The topological polar surface area (TPSA) is 53.1 Å². The van der Waals surface area contributed by atoms with Crippen LogP contribution in [-0.4, -0.2) is 70.9 Å². The Labute approximate surface area is 123 Å². The molecule has 1 aliphatic rings. The van der Waals surface area contributed by atoms with E-state index in [9.17, 15) is 0 Å². The quantitative estimate of drug-likeness (QED) is 0.772. The molecule has 1 aromatic heterocycles. The SMILES string of the molecule is c1csc(N2CCOCCOCCOCCOCC2)n1. The van der Waals surface area contributed by atoms with Crippen LogP contribution >= 0.6 is 11.3 Å². The molecule has 0 bridgehead atoms. The molecule has 2 heterocycles. The molecule has 0 radical (unpaired) electrons. The number of hydrogen-bond acceptors (Lipinski definition) is 7. The lowest BCUT2D eigenvalue weighted by Crippen LogP contribution is -2.31. The Morgan fingerprint density at radius 1 is 0.800 bits per heavy atom. The fraction of sp³-hybridized carbons (Fsp3) is 0.769. The van der Waals surface area contributed by atoms with Gasteiger partial charge in [0, 0.05) is 24.7 Å². The summed E-state index contributed by atoms with van der Waals surface area (Å²) in [4.78, 5) is 6.53. The Bertz CT molecular complexity index is 321. The van der Waals surface area contributed by atoms with Crippen LogP contribution in [0.5, 0.6) is 0 Å². The fourth-order valence-electron chi connectivity index (χ4n) is 1.79. The van der Waals surface area contributed by atoms with Crippen LogP contribution in [0, 0.1) is 0 Å². The van der Waals surface area contributed by atoms with Crippen molar-refractivity contribution >= 4 is 16.5 Å². The van der Waals surface area contributed by atoms with Gasteiger partial charge in [-0.15, -0.1) is 11.3 Å². The lowest BCUT2D eigenvalue weighted by molar-refractivity contribution is 0.00206. The van der Waals surface area contributed by atoms with Gasteiger partial charge in [0.1, 0.15) is 0 Å². The molecule has 0 aromatic carbocycles. The number of thiazole rings is 1. The van der Waals surface area contributed by atoms with Gasteiger partial charge in [0.25, 0.3) is 0 Å². The summed E-state index contributed by atoms with van der Waals surface area (Å²) in [5.41, 5.74) is 0. The van der Waals surface area contributed by atoms with Crippen molar-refractivity contribution in [2.45, 2.75) is 0 Å². The molecule has 7 heteroatoms. The van der Waals surface area contributed by atoms with E-state index in [1.165, 1.54) is 0 Å². The van der Waals surface area contributed by atoms with Crippen molar-refractivity contribution in [3.8, 4) is 0 Å². The highest BCUT2D eigenvalue weighted by Crippen LogP contribution is 2.16. The third-order valence-electron chi connectivity index (χ3n) is 2.82. The van der Waals surface area contributed by atoms with E-state index in [4.69, 9.17) is 18.9 Å². The van der Waals surface area contributed by atoms with Gasteiger partial charge in [-0.05, 0) is 0 Å². The van der Waals surface area contributed by atoms with Gasteiger partial charge in [-0.3, -0.25) is 0 Å². The average Bonchev–Trinajstić information content (AvgIpc) is 2.98. The van der Waals surface area contributed by atoms with E-state index in [1.807, 2.05) is 11.6 Å². The molecule has 0 amide bonds. The van der Waals surface area contributed by atoms with Crippen LogP contribution < -0.4 is 4.90 Å². The molecule has 1 saturated heterocycles. The molecule has 0 spiro atoms. The molecule has 0 atom stereocenters. The third kappa shape index (κ3) is 6.15. The maximum absolute atomic E-state index is 5.57. The Kier molecular flexibility index (Phi) is 7.88. The Morgan fingerprint density at radius 2 is 1.30 bits per heavy atom. The molecule has 0 N–H and O–H groups in total. The van der Waals surface area contributed by atoms with Crippen molar-refractivity contribution in [2.75, 3.05) is 70.8 Å². The summed E-state index contributed by atoms with van der Waals surface area (Å²) in [5, 5.41) is 2.99. The zero-order valence-electron chi connectivity index (χ0n) is 11.7. The Morgan fingerprint density at radius 3 is 1.75 bits per heavy atom. The van der Waals surface area contributed by atoms with Crippen molar-refractivity contribution in [3.63, 3.8) is 0 Å². The van der Waals surface area contributed by atoms with Gasteiger partial charge >= 0.3 is 0 Å². The highest BCUT2D eigenvalue weighted by atomic mass is 32.1. The summed E-state index contributed by atoms with van der Waals surface area (Å²) in [5.74, 6) is 0. The Balaban J connectivity index is 1.78. The first-order valence-corrected chi connectivity index (χ1v) is 7.80. The number of anilines is 1. The first-order valence-electron chi connectivity index (χ1n) is 6.92. The third-order valence-corrected chi connectivity index (χ3v) is 3.65. The average molecular weight is 302 g/mol. The Hall–Kier alpha value is -0.730. The van der Waals surface area contributed by atoms with Crippen LogP contribution in [0.2, 0.25) is 0 Å². The number of ether oxygens (including phenoxy) is 4. The highest BCUT2D eigenvalue weighted by Gasteiger charge is 2.09. The van der Waals surface area contributed by atoms with Crippen LogP contribution in [0.1, 0.15) is 0 Å². The summed E-state index contributed by atoms with van der Waals surface area (Å²) in [7, 11) is 0. The minimum Gasteiger partial charge on any atom is -0.377 e. The van der Waals surface area contributed by atoms with Crippen LogP contribution in [0.25, 0.3) is 0 Å². The molecule has 0 aliphatic carbocycles. The van der Waals surface area contributed by atoms with Crippen molar-refractivity contribution in [1.29, 1.82) is 0 Å². The largest absolute Gasteiger partial charge is 0.377 e. The van der Waals surface area contributed by atoms with E-state index in [0.29, 0.717) is 52.9 Å². The maximum atomic E-state index is 5.57. The lowest BCUT2D eigenvalue weighted by atomic mass is 10.5. The molecule has 1 aromatic rings. The van der Waals surface area contributed by atoms with E-state index in [1.54, 1.807) is 11.3 Å². The van der Waals surface area contributed by atoms with Crippen LogP contribution in [0.3, 0.4) is 0 Å². The van der Waals surface area contributed by atoms with Gasteiger partial charge in [-0.25, -0.2) is 4.98 Å². The minimum absolute atomic E-state index is 0.606. The van der Waals surface area contributed by atoms with Crippen molar-refractivity contribution in [2.24, 2.45) is 0 Å².